The van der Waals surface area contributed by atoms with Gasteiger partial charge in [0.05, 0.1) is 0 Å². The van der Waals surface area contributed by atoms with Gasteiger partial charge in [0, 0.05) is 24.5 Å². The van der Waals surface area contributed by atoms with E-state index in [1.54, 1.807) is 0 Å². The van der Waals surface area contributed by atoms with Gasteiger partial charge in [-0.2, -0.15) is 0 Å². The van der Waals surface area contributed by atoms with E-state index in [9.17, 15) is 0 Å². The first kappa shape index (κ1) is 13.9. The van der Waals surface area contributed by atoms with Crippen molar-refractivity contribution < 1.29 is 0 Å². The van der Waals surface area contributed by atoms with Gasteiger partial charge in [-0.1, -0.05) is 27.2 Å². The van der Waals surface area contributed by atoms with Gasteiger partial charge in [-0.05, 0) is 38.8 Å². The number of piperidine rings is 2. The molecule has 1 N–H and O–H groups in total. The lowest BCUT2D eigenvalue weighted by Gasteiger charge is -2.42. The molecular weight excluding hydrogens is 222 g/mol. The normalized spacial score (nSPS) is 24.3. The molecule has 0 atom stereocenters. The lowest BCUT2D eigenvalue weighted by molar-refractivity contribution is 0.112. The van der Waals surface area contributed by atoms with Crippen molar-refractivity contribution in [3.8, 4) is 0 Å². The molecule has 0 spiro atoms. The number of hydrogen-bond acceptors (Lipinski definition) is 2. The lowest BCUT2D eigenvalue weighted by Crippen LogP contribution is -2.50. The van der Waals surface area contributed by atoms with Crippen LogP contribution >= 0.6 is 0 Å². The van der Waals surface area contributed by atoms with Gasteiger partial charge in [-0.25, -0.2) is 0 Å². The maximum atomic E-state index is 8.26. The molecule has 0 radical (unpaired) electrons. The Labute approximate surface area is 112 Å². The van der Waals surface area contributed by atoms with Crippen LogP contribution in [0.3, 0.4) is 0 Å². The Balaban J connectivity index is 1.82. The molecule has 18 heavy (non-hydrogen) atoms. The molecule has 2 rings (SSSR count). The third kappa shape index (κ3) is 3.25. The number of nitrogens with one attached hydrogen (secondary N) is 1. The summed E-state index contributed by atoms with van der Waals surface area (Å²) in [6.07, 6.45) is 6.69. The second-order valence-electron chi connectivity index (χ2n) is 6.91. The fraction of sp³-hybridized carbons (Fsp3) is 0.933. The van der Waals surface area contributed by atoms with E-state index >= 15 is 0 Å². The fourth-order valence-electron chi connectivity index (χ4n) is 3.21. The smallest absolute Gasteiger partial charge is 0.101 e. The van der Waals surface area contributed by atoms with Crippen LogP contribution in [0.25, 0.3) is 0 Å². The second kappa shape index (κ2) is 5.60. The predicted molar refractivity (Wildman–Crippen MR) is 77.2 cm³/mol. The van der Waals surface area contributed by atoms with Crippen LogP contribution in [0.2, 0.25) is 0 Å². The summed E-state index contributed by atoms with van der Waals surface area (Å²) in [5, 5.41) is 8.26. The van der Waals surface area contributed by atoms with E-state index in [-0.39, 0.29) is 5.41 Å². The van der Waals surface area contributed by atoms with Crippen molar-refractivity contribution in [1.82, 2.24) is 9.80 Å². The summed E-state index contributed by atoms with van der Waals surface area (Å²) in [7, 11) is 0. The van der Waals surface area contributed by atoms with Crippen LogP contribution in [0.1, 0.15) is 52.9 Å². The van der Waals surface area contributed by atoms with E-state index in [2.05, 4.69) is 30.6 Å². The van der Waals surface area contributed by atoms with Crippen LogP contribution in [0.15, 0.2) is 0 Å². The zero-order valence-corrected chi connectivity index (χ0v) is 12.3. The fourth-order valence-corrected chi connectivity index (χ4v) is 3.21. The molecule has 0 aliphatic carbocycles. The molecule has 0 aromatic carbocycles. The molecule has 3 nitrogen and oxygen atoms in total. The predicted octanol–water partition coefficient (Wildman–Crippen LogP) is 2.96. The SMILES string of the molecule is CC(C)(C)C(=N)N1CCC(N2CCCCC2)CC1. The molecule has 104 valence electrons. The van der Waals surface area contributed by atoms with Gasteiger partial charge in [0.25, 0.3) is 0 Å². The molecule has 0 saturated carbocycles. The first-order valence-electron chi connectivity index (χ1n) is 7.56. The molecule has 0 aromatic rings. The van der Waals surface area contributed by atoms with Crippen LogP contribution in [0.4, 0.5) is 0 Å². The Morgan fingerprint density at radius 1 is 0.944 bits per heavy atom. The monoisotopic (exact) mass is 251 g/mol. The number of rotatable bonds is 1. The summed E-state index contributed by atoms with van der Waals surface area (Å²) in [6, 6.07) is 0.786. The summed E-state index contributed by atoms with van der Waals surface area (Å²) in [4.78, 5) is 4.99. The van der Waals surface area contributed by atoms with Crippen LogP contribution in [-0.4, -0.2) is 47.9 Å². The molecule has 2 heterocycles. The van der Waals surface area contributed by atoms with E-state index in [1.807, 2.05) is 0 Å². The van der Waals surface area contributed by atoms with Gasteiger partial charge in [0.2, 0.25) is 0 Å². The maximum Gasteiger partial charge on any atom is 0.101 e. The van der Waals surface area contributed by atoms with Crippen molar-refractivity contribution in [1.29, 1.82) is 5.41 Å². The minimum Gasteiger partial charge on any atom is -0.360 e. The number of amidine groups is 1. The Hall–Kier alpha value is -0.570. The highest BCUT2D eigenvalue weighted by Crippen LogP contribution is 2.24. The van der Waals surface area contributed by atoms with Crippen molar-refractivity contribution in [2.45, 2.75) is 58.9 Å². The Morgan fingerprint density at radius 3 is 2.00 bits per heavy atom. The average Bonchev–Trinajstić information content (AvgIpc) is 2.38. The van der Waals surface area contributed by atoms with E-state index < -0.39 is 0 Å². The van der Waals surface area contributed by atoms with E-state index in [0.29, 0.717) is 0 Å². The minimum absolute atomic E-state index is 0.00202. The first-order valence-corrected chi connectivity index (χ1v) is 7.56. The van der Waals surface area contributed by atoms with Gasteiger partial charge in [0.15, 0.2) is 0 Å². The summed E-state index contributed by atoms with van der Waals surface area (Å²) in [6.45, 7) is 11.2. The Kier molecular flexibility index (Phi) is 4.31. The molecule has 0 unspecified atom stereocenters. The zero-order valence-electron chi connectivity index (χ0n) is 12.3. The average molecular weight is 251 g/mol. The molecule has 0 aromatic heterocycles. The molecule has 2 saturated heterocycles. The summed E-state index contributed by atoms with van der Waals surface area (Å²) < 4.78 is 0. The van der Waals surface area contributed by atoms with Crippen LogP contribution in [0.5, 0.6) is 0 Å². The maximum absolute atomic E-state index is 8.26. The number of nitrogens with zero attached hydrogens (tertiary/aromatic N) is 2. The van der Waals surface area contributed by atoms with Crippen molar-refractivity contribution in [3.05, 3.63) is 0 Å². The van der Waals surface area contributed by atoms with Crippen LogP contribution in [-0.2, 0) is 0 Å². The summed E-state index contributed by atoms with van der Waals surface area (Å²) in [5.74, 6) is 0.819. The van der Waals surface area contributed by atoms with E-state index in [4.69, 9.17) is 5.41 Å². The summed E-state index contributed by atoms with van der Waals surface area (Å²) >= 11 is 0. The van der Waals surface area contributed by atoms with Crippen LogP contribution in [0, 0.1) is 10.8 Å². The molecular formula is C15H29N3. The molecule has 2 aliphatic rings. The number of likely N-dealkylation sites (tertiary alicyclic amines) is 2. The summed E-state index contributed by atoms with van der Waals surface area (Å²) in [5.41, 5.74) is -0.00202. The standard InChI is InChI=1S/C15H29N3/c1-15(2,3)14(16)18-11-7-13(8-12-18)17-9-5-4-6-10-17/h13,16H,4-12H2,1-3H3. The van der Waals surface area contributed by atoms with Gasteiger partial charge >= 0.3 is 0 Å². The van der Waals surface area contributed by atoms with Crippen molar-refractivity contribution in [2.24, 2.45) is 5.41 Å². The third-order valence-corrected chi connectivity index (χ3v) is 4.40. The second-order valence-corrected chi connectivity index (χ2v) is 6.91. The van der Waals surface area contributed by atoms with Gasteiger partial charge in [-0.15, -0.1) is 0 Å². The highest BCUT2D eigenvalue weighted by Gasteiger charge is 2.29. The van der Waals surface area contributed by atoms with Crippen molar-refractivity contribution >= 4 is 5.84 Å². The van der Waals surface area contributed by atoms with Gasteiger partial charge < -0.3 is 9.80 Å². The highest BCUT2D eigenvalue weighted by molar-refractivity contribution is 5.84. The van der Waals surface area contributed by atoms with Crippen molar-refractivity contribution in [2.75, 3.05) is 26.2 Å². The Morgan fingerprint density at radius 2 is 1.50 bits per heavy atom. The molecule has 3 heteroatoms. The van der Waals surface area contributed by atoms with Crippen LogP contribution < -0.4 is 0 Å². The molecule has 0 bridgehead atoms. The molecule has 2 aliphatic heterocycles. The van der Waals surface area contributed by atoms with Gasteiger partial charge in [-0.3, -0.25) is 5.41 Å². The third-order valence-electron chi connectivity index (χ3n) is 4.40. The zero-order chi connectivity index (χ0) is 13.2. The lowest BCUT2D eigenvalue weighted by atomic mass is 9.92. The number of hydrogen-bond donors (Lipinski definition) is 1. The quantitative estimate of drug-likeness (QED) is 0.573. The Bertz CT molecular complexity index is 279. The van der Waals surface area contributed by atoms with Gasteiger partial charge in [0.1, 0.15) is 5.84 Å². The first-order chi connectivity index (χ1) is 8.48. The molecule has 2 fully saturated rings. The van der Waals surface area contributed by atoms with E-state index in [0.717, 1.165) is 25.0 Å². The van der Waals surface area contributed by atoms with E-state index in [1.165, 1.54) is 45.2 Å². The highest BCUT2D eigenvalue weighted by atomic mass is 15.2. The molecule has 0 amide bonds. The minimum atomic E-state index is -0.00202. The topological polar surface area (TPSA) is 30.3 Å². The largest absolute Gasteiger partial charge is 0.360 e. The van der Waals surface area contributed by atoms with Crippen molar-refractivity contribution in [3.63, 3.8) is 0 Å².